The van der Waals surface area contributed by atoms with Crippen LogP contribution in [0, 0.1) is 17.3 Å². The van der Waals surface area contributed by atoms with Crippen molar-refractivity contribution in [1.82, 2.24) is 0 Å². The number of rotatable bonds is 2. The Morgan fingerprint density at radius 2 is 2.00 bits per heavy atom. The van der Waals surface area contributed by atoms with Crippen molar-refractivity contribution in [3.8, 4) is 0 Å². The molecule has 0 radical (unpaired) electrons. The van der Waals surface area contributed by atoms with Gasteiger partial charge < -0.3 is 9.84 Å². The van der Waals surface area contributed by atoms with Crippen LogP contribution >= 0.6 is 0 Å². The zero-order valence-corrected chi connectivity index (χ0v) is 9.95. The Bertz CT molecular complexity index is 337. The highest BCUT2D eigenvalue weighted by molar-refractivity contribution is 5.88. The molecule has 0 aromatic carbocycles. The van der Waals surface area contributed by atoms with Crippen LogP contribution < -0.4 is 0 Å². The van der Waals surface area contributed by atoms with Gasteiger partial charge in [0, 0.05) is 11.8 Å². The minimum absolute atomic E-state index is 0.199. The average molecular weight is 226 g/mol. The number of cyclic esters (lactones) is 1. The summed E-state index contributed by atoms with van der Waals surface area (Å²) in [4.78, 5) is 23.2. The summed E-state index contributed by atoms with van der Waals surface area (Å²) >= 11 is 0. The van der Waals surface area contributed by atoms with Gasteiger partial charge >= 0.3 is 11.9 Å². The number of ether oxygens (including phenoxy) is 1. The largest absolute Gasteiger partial charge is 0.478 e. The maximum atomic E-state index is 11.7. The van der Waals surface area contributed by atoms with Crippen LogP contribution in [0.1, 0.15) is 40.0 Å². The van der Waals surface area contributed by atoms with Gasteiger partial charge in [0.1, 0.15) is 0 Å². The van der Waals surface area contributed by atoms with E-state index in [0.717, 1.165) is 12.8 Å². The third-order valence-electron chi connectivity index (χ3n) is 3.83. The molecule has 1 aliphatic heterocycles. The van der Waals surface area contributed by atoms with Gasteiger partial charge in [0.2, 0.25) is 5.60 Å². The molecule has 1 saturated carbocycles. The van der Waals surface area contributed by atoms with Gasteiger partial charge in [-0.1, -0.05) is 20.8 Å². The van der Waals surface area contributed by atoms with Crippen molar-refractivity contribution in [3.63, 3.8) is 0 Å². The number of carbonyl (C=O) groups is 2. The van der Waals surface area contributed by atoms with Gasteiger partial charge in [-0.3, -0.25) is 4.79 Å². The van der Waals surface area contributed by atoms with Crippen LogP contribution in [0.4, 0.5) is 0 Å². The first-order chi connectivity index (χ1) is 7.28. The van der Waals surface area contributed by atoms with Crippen molar-refractivity contribution in [3.05, 3.63) is 0 Å². The summed E-state index contributed by atoms with van der Waals surface area (Å²) in [6.45, 7) is 5.43. The van der Waals surface area contributed by atoms with Crippen molar-refractivity contribution in [2.24, 2.45) is 17.3 Å². The molecule has 2 rings (SSSR count). The summed E-state index contributed by atoms with van der Waals surface area (Å²) < 4.78 is 5.25. The minimum atomic E-state index is -1.34. The van der Waals surface area contributed by atoms with Gasteiger partial charge in [0.05, 0.1) is 5.92 Å². The van der Waals surface area contributed by atoms with Crippen LogP contribution in [0.2, 0.25) is 0 Å². The Hall–Kier alpha value is -1.06. The molecule has 90 valence electrons. The highest BCUT2D eigenvalue weighted by atomic mass is 16.6. The smallest absolute Gasteiger partial charge is 0.348 e. The number of esters is 1. The van der Waals surface area contributed by atoms with Gasteiger partial charge in [-0.15, -0.1) is 0 Å². The molecule has 1 N–H and O–H groups in total. The van der Waals surface area contributed by atoms with E-state index in [2.05, 4.69) is 0 Å². The molecule has 4 nitrogen and oxygen atoms in total. The molecule has 2 fully saturated rings. The minimum Gasteiger partial charge on any atom is -0.478 e. The first-order valence-corrected chi connectivity index (χ1v) is 5.74. The first kappa shape index (κ1) is 11.4. The monoisotopic (exact) mass is 226 g/mol. The summed E-state index contributed by atoms with van der Waals surface area (Å²) in [6.07, 6.45) is 2.38. The molecule has 0 aromatic heterocycles. The predicted octanol–water partition coefficient (Wildman–Crippen LogP) is 1.83. The fourth-order valence-electron chi connectivity index (χ4n) is 2.45. The van der Waals surface area contributed by atoms with E-state index in [-0.39, 0.29) is 11.9 Å². The molecule has 16 heavy (non-hydrogen) atoms. The predicted molar refractivity (Wildman–Crippen MR) is 56.7 cm³/mol. The molecular formula is C12H18O4. The summed E-state index contributed by atoms with van der Waals surface area (Å²) in [7, 11) is 0. The van der Waals surface area contributed by atoms with Gasteiger partial charge in [-0.25, -0.2) is 4.79 Å². The van der Waals surface area contributed by atoms with Crippen LogP contribution in [0.5, 0.6) is 0 Å². The van der Waals surface area contributed by atoms with E-state index in [0.29, 0.717) is 12.3 Å². The van der Waals surface area contributed by atoms with Gasteiger partial charge in [-0.05, 0) is 18.8 Å². The number of carboxylic acid groups (broad SMARTS) is 1. The Morgan fingerprint density at radius 3 is 2.31 bits per heavy atom. The molecule has 1 aliphatic carbocycles. The molecule has 2 aliphatic rings. The Balaban J connectivity index is 2.30. The molecule has 0 bridgehead atoms. The van der Waals surface area contributed by atoms with Crippen LogP contribution in [-0.4, -0.2) is 22.6 Å². The fourth-order valence-corrected chi connectivity index (χ4v) is 2.45. The van der Waals surface area contributed by atoms with Gasteiger partial charge in [0.25, 0.3) is 0 Å². The zero-order chi connectivity index (χ0) is 12.1. The first-order valence-electron chi connectivity index (χ1n) is 5.74. The number of hydrogen-bond donors (Lipinski definition) is 1. The normalized spacial score (nSPS) is 34.9. The Kier molecular flexibility index (Phi) is 2.30. The lowest BCUT2D eigenvalue weighted by atomic mass is 9.72. The van der Waals surface area contributed by atoms with Gasteiger partial charge in [0.15, 0.2) is 0 Å². The molecule has 2 atom stereocenters. The van der Waals surface area contributed by atoms with E-state index < -0.39 is 17.0 Å². The highest BCUT2D eigenvalue weighted by Gasteiger charge is 2.61. The molecule has 2 unspecified atom stereocenters. The van der Waals surface area contributed by atoms with E-state index >= 15 is 0 Å². The van der Waals surface area contributed by atoms with E-state index in [9.17, 15) is 14.7 Å². The third kappa shape index (κ3) is 1.51. The lowest BCUT2D eigenvalue weighted by Crippen LogP contribution is -2.50. The molecule has 4 heteroatoms. The third-order valence-corrected chi connectivity index (χ3v) is 3.83. The number of aliphatic carboxylic acids is 1. The molecule has 0 aromatic rings. The van der Waals surface area contributed by atoms with Crippen LogP contribution in [0.15, 0.2) is 0 Å². The van der Waals surface area contributed by atoms with Crippen molar-refractivity contribution in [2.45, 2.75) is 45.6 Å². The van der Waals surface area contributed by atoms with Crippen molar-refractivity contribution in [2.75, 3.05) is 0 Å². The van der Waals surface area contributed by atoms with Crippen LogP contribution in [0.25, 0.3) is 0 Å². The van der Waals surface area contributed by atoms with E-state index in [1.165, 1.54) is 0 Å². The summed E-state index contributed by atoms with van der Waals surface area (Å²) in [5.74, 6) is -1.18. The Labute approximate surface area is 95.0 Å². The molecule has 0 spiro atoms. The average Bonchev–Trinajstić information content (AvgIpc) is 2.88. The number of hydrogen-bond acceptors (Lipinski definition) is 3. The molecule has 0 amide bonds. The van der Waals surface area contributed by atoms with Crippen molar-refractivity contribution < 1.29 is 19.4 Å². The lowest BCUT2D eigenvalue weighted by molar-refractivity contribution is -0.182. The summed E-state index contributed by atoms with van der Waals surface area (Å²) in [6, 6.07) is 0. The molecule has 1 saturated heterocycles. The quantitative estimate of drug-likeness (QED) is 0.729. The van der Waals surface area contributed by atoms with E-state index in [1.54, 1.807) is 0 Å². The second-order valence-corrected chi connectivity index (χ2v) is 5.95. The summed E-state index contributed by atoms with van der Waals surface area (Å²) in [5, 5.41) is 9.36. The van der Waals surface area contributed by atoms with E-state index in [4.69, 9.17) is 4.74 Å². The fraction of sp³-hybridized carbons (Fsp3) is 0.833. The number of carbonyl (C=O) groups excluding carboxylic acids is 1. The summed E-state index contributed by atoms with van der Waals surface area (Å²) in [5.41, 5.74) is -1.91. The number of carboxylic acids is 1. The van der Waals surface area contributed by atoms with Gasteiger partial charge in [-0.2, -0.15) is 0 Å². The standard InChI is InChI=1S/C12H18O4/c1-11(2,3)12(10(14)15)6-8(7-4-5-7)9(13)16-12/h7-8H,4-6H2,1-3H3,(H,14,15). The lowest BCUT2D eigenvalue weighted by Gasteiger charge is -2.35. The van der Waals surface area contributed by atoms with Crippen molar-refractivity contribution >= 4 is 11.9 Å². The SMILES string of the molecule is CC(C)(C)C1(C(=O)O)CC(C2CC2)C(=O)O1. The second-order valence-electron chi connectivity index (χ2n) is 5.95. The zero-order valence-electron chi connectivity index (χ0n) is 9.95. The molecular weight excluding hydrogens is 208 g/mol. The van der Waals surface area contributed by atoms with Crippen molar-refractivity contribution in [1.29, 1.82) is 0 Å². The maximum Gasteiger partial charge on any atom is 0.348 e. The highest BCUT2D eigenvalue weighted by Crippen LogP contribution is 2.51. The van der Waals surface area contributed by atoms with E-state index in [1.807, 2.05) is 20.8 Å². The second kappa shape index (κ2) is 3.22. The maximum absolute atomic E-state index is 11.7. The molecule has 1 heterocycles. The van der Waals surface area contributed by atoms with Crippen LogP contribution in [-0.2, 0) is 14.3 Å². The van der Waals surface area contributed by atoms with Crippen LogP contribution in [0.3, 0.4) is 0 Å². The Morgan fingerprint density at radius 1 is 1.44 bits per heavy atom. The topological polar surface area (TPSA) is 63.6 Å².